The topological polar surface area (TPSA) is 101 Å². The van der Waals surface area contributed by atoms with Crippen LogP contribution in [0.3, 0.4) is 0 Å². The number of H-pyrrole nitrogens is 1. The van der Waals surface area contributed by atoms with Crippen molar-refractivity contribution in [2.75, 3.05) is 25.1 Å². The number of carbonyl (C=O) groups is 2. The summed E-state index contributed by atoms with van der Waals surface area (Å²) >= 11 is 0. The highest BCUT2D eigenvalue weighted by Gasteiger charge is 2.54. The maximum Gasteiger partial charge on any atom is 0.415 e. The van der Waals surface area contributed by atoms with Gasteiger partial charge in [-0.15, -0.1) is 0 Å². The molecule has 0 bridgehead atoms. The zero-order valence-corrected chi connectivity index (χ0v) is 15.9. The van der Waals surface area contributed by atoms with Crippen LogP contribution in [0, 0.1) is 5.92 Å². The summed E-state index contributed by atoms with van der Waals surface area (Å²) in [5.74, 6) is -0.298. The minimum Gasteiger partial charge on any atom is -0.490 e. The smallest absolute Gasteiger partial charge is 0.415 e. The van der Waals surface area contributed by atoms with Gasteiger partial charge >= 0.3 is 6.09 Å². The third-order valence-corrected chi connectivity index (χ3v) is 5.30. The summed E-state index contributed by atoms with van der Waals surface area (Å²) in [7, 11) is 2.00. The molecule has 2 aliphatic heterocycles. The number of benzene rings is 1. The lowest BCUT2D eigenvalue weighted by atomic mass is 9.83. The number of rotatable bonds is 3. The highest BCUT2D eigenvalue weighted by atomic mass is 16.6. The van der Waals surface area contributed by atoms with Crippen molar-refractivity contribution in [2.45, 2.75) is 19.4 Å². The molecule has 0 saturated carbocycles. The highest BCUT2D eigenvalue weighted by molar-refractivity contribution is 6.03. The first-order valence-electron chi connectivity index (χ1n) is 9.09. The molecule has 2 aliphatic rings. The number of nitrogens with one attached hydrogen (secondary N) is 2. The van der Waals surface area contributed by atoms with E-state index in [0.29, 0.717) is 12.3 Å². The molecule has 0 spiro atoms. The maximum absolute atomic E-state index is 12.8. The number of nitrogens with zero attached hydrogens (tertiary/aromatic N) is 1. The van der Waals surface area contributed by atoms with Gasteiger partial charge in [-0.05, 0) is 24.3 Å². The van der Waals surface area contributed by atoms with Crippen molar-refractivity contribution in [1.29, 1.82) is 0 Å². The summed E-state index contributed by atoms with van der Waals surface area (Å²) in [4.78, 5) is 41.8. The number of carbonyl (C=O) groups excluding carboxylic acids is 2. The van der Waals surface area contributed by atoms with E-state index in [-0.39, 0.29) is 5.56 Å². The number of aromatic nitrogens is 1. The molecule has 1 saturated heterocycles. The first-order chi connectivity index (χ1) is 13.3. The molecule has 0 aliphatic carbocycles. The Kier molecular flexibility index (Phi) is 4.14. The van der Waals surface area contributed by atoms with Gasteiger partial charge in [0, 0.05) is 24.2 Å². The van der Waals surface area contributed by atoms with Crippen LogP contribution < -0.4 is 20.5 Å². The second-order valence-electron chi connectivity index (χ2n) is 7.30. The zero-order chi connectivity index (χ0) is 20.1. The van der Waals surface area contributed by atoms with Crippen molar-refractivity contribution in [3.63, 3.8) is 0 Å². The van der Waals surface area contributed by atoms with E-state index in [1.807, 2.05) is 25.2 Å². The van der Waals surface area contributed by atoms with Gasteiger partial charge in [-0.3, -0.25) is 14.9 Å². The number of hydrogen-bond acceptors (Lipinski definition) is 6. The number of likely N-dealkylation sites (N-methyl/N-ethyl adjacent to an activating group) is 1. The third-order valence-electron chi connectivity index (χ3n) is 5.30. The first kappa shape index (κ1) is 18.1. The molecule has 2 aromatic rings. The number of fused-ring (bicyclic) bond motifs is 1. The zero-order valence-electron chi connectivity index (χ0n) is 15.9. The predicted molar refractivity (Wildman–Crippen MR) is 102 cm³/mol. The molecule has 28 heavy (non-hydrogen) atoms. The standard InChI is InChI=1S/C20H21N3O5/c1-11(2)20(18(25)22-19(26)28-20)13-5-6-14(21-17(13)24)12-4-7-15-16(10-12)27-9-8-23(15)3/h4-7,10-11H,8-9H2,1-3H3,(H,21,24)(H,22,25,26). The molecule has 4 rings (SSSR count). The molecule has 0 radical (unpaired) electrons. The minimum absolute atomic E-state index is 0.101. The molecule has 1 fully saturated rings. The maximum atomic E-state index is 12.8. The number of imide groups is 1. The van der Waals surface area contributed by atoms with Crippen LogP contribution in [0.4, 0.5) is 10.5 Å². The number of anilines is 1. The van der Waals surface area contributed by atoms with Gasteiger partial charge < -0.3 is 19.4 Å². The fourth-order valence-electron chi connectivity index (χ4n) is 3.73. The van der Waals surface area contributed by atoms with Gasteiger partial charge in [0.15, 0.2) is 0 Å². The largest absolute Gasteiger partial charge is 0.490 e. The second-order valence-corrected chi connectivity index (χ2v) is 7.30. The van der Waals surface area contributed by atoms with Gasteiger partial charge in [0.2, 0.25) is 5.60 Å². The Labute approximate surface area is 161 Å². The lowest BCUT2D eigenvalue weighted by Crippen LogP contribution is -2.45. The summed E-state index contributed by atoms with van der Waals surface area (Å²) in [6.07, 6.45) is -0.849. The van der Waals surface area contributed by atoms with Gasteiger partial charge in [0.25, 0.3) is 11.5 Å². The van der Waals surface area contributed by atoms with E-state index >= 15 is 0 Å². The Morgan fingerprint density at radius 1 is 1.14 bits per heavy atom. The SMILES string of the molecule is CC(C)C1(c2ccc(-c3ccc4c(c3)OCCN4C)[nH]c2=O)OC(=O)NC1=O. The number of aromatic amines is 1. The van der Waals surface area contributed by atoms with Gasteiger partial charge in [-0.2, -0.15) is 0 Å². The number of hydrogen-bond donors (Lipinski definition) is 2. The molecule has 1 unspecified atom stereocenters. The quantitative estimate of drug-likeness (QED) is 0.841. The van der Waals surface area contributed by atoms with Gasteiger partial charge in [0.05, 0.1) is 17.8 Å². The molecule has 146 valence electrons. The van der Waals surface area contributed by atoms with Crippen LogP contribution in [0.15, 0.2) is 35.1 Å². The van der Waals surface area contributed by atoms with Crippen molar-refractivity contribution < 1.29 is 19.1 Å². The van der Waals surface area contributed by atoms with E-state index in [1.165, 1.54) is 0 Å². The highest BCUT2D eigenvalue weighted by Crippen LogP contribution is 2.37. The first-order valence-corrected chi connectivity index (χ1v) is 9.09. The average molecular weight is 383 g/mol. The molecule has 3 heterocycles. The molecule has 1 atom stereocenters. The second kappa shape index (κ2) is 6.40. The Balaban J connectivity index is 1.76. The number of cyclic esters (lactones) is 1. The predicted octanol–water partition coefficient (Wildman–Crippen LogP) is 1.99. The summed E-state index contributed by atoms with van der Waals surface area (Å²) in [5.41, 5.74) is 0.337. The lowest BCUT2D eigenvalue weighted by molar-refractivity contribution is -0.136. The van der Waals surface area contributed by atoms with Crippen LogP contribution in [-0.2, 0) is 15.1 Å². The lowest BCUT2D eigenvalue weighted by Gasteiger charge is -2.28. The summed E-state index contributed by atoms with van der Waals surface area (Å²) in [5, 5.41) is 2.13. The van der Waals surface area contributed by atoms with Crippen LogP contribution in [-0.4, -0.2) is 37.2 Å². The van der Waals surface area contributed by atoms with Crippen LogP contribution in [0.5, 0.6) is 5.75 Å². The van der Waals surface area contributed by atoms with E-state index in [9.17, 15) is 14.4 Å². The van der Waals surface area contributed by atoms with Crippen LogP contribution in [0.1, 0.15) is 19.4 Å². The van der Waals surface area contributed by atoms with Crippen molar-refractivity contribution in [3.05, 3.63) is 46.2 Å². The number of amides is 2. The molecule has 8 heteroatoms. The van der Waals surface area contributed by atoms with Crippen molar-refractivity contribution >= 4 is 17.7 Å². The van der Waals surface area contributed by atoms with Crippen LogP contribution in [0.2, 0.25) is 0 Å². The van der Waals surface area contributed by atoms with Gasteiger partial charge in [0.1, 0.15) is 12.4 Å². The molecule has 1 aromatic heterocycles. The van der Waals surface area contributed by atoms with Crippen molar-refractivity contribution in [2.24, 2.45) is 5.92 Å². The molecule has 1 aromatic carbocycles. The van der Waals surface area contributed by atoms with E-state index in [1.54, 1.807) is 26.0 Å². The van der Waals surface area contributed by atoms with E-state index < -0.39 is 29.1 Å². The number of alkyl carbamates (subject to hydrolysis) is 1. The fourth-order valence-corrected chi connectivity index (χ4v) is 3.73. The summed E-state index contributed by atoms with van der Waals surface area (Å²) in [6, 6.07) is 8.96. The number of pyridine rings is 1. The summed E-state index contributed by atoms with van der Waals surface area (Å²) in [6.45, 7) is 4.86. The van der Waals surface area contributed by atoms with E-state index in [0.717, 1.165) is 23.5 Å². The van der Waals surface area contributed by atoms with Gasteiger partial charge in [-0.1, -0.05) is 19.9 Å². The van der Waals surface area contributed by atoms with E-state index in [4.69, 9.17) is 9.47 Å². The molecule has 8 nitrogen and oxygen atoms in total. The van der Waals surface area contributed by atoms with Gasteiger partial charge in [-0.25, -0.2) is 4.79 Å². The Morgan fingerprint density at radius 2 is 1.93 bits per heavy atom. The van der Waals surface area contributed by atoms with Crippen LogP contribution in [0.25, 0.3) is 11.3 Å². The third kappa shape index (κ3) is 2.64. The normalized spacial score (nSPS) is 21.2. The number of ether oxygens (including phenoxy) is 2. The Hall–Kier alpha value is -3.29. The van der Waals surface area contributed by atoms with Crippen molar-refractivity contribution in [1.82, 2.24) is 10.3 Å². The van der Waals surface area contributed by atoms with Crippen molar-refractivity contribution in [3.8, 4) is 17.0 Å². The fraction of sp³-hybridized carbons (Fsp3) is 0.350. The Bertz CT molecular complexity index is 1030. The Morgan fingerprint density at radius 3 is 2.57 bits per heavy atom. The van der Waals surface area contributed by atoms with Crippen LogP contribution >= 0.6 is 0 Å². The summed E-state index contributed by atoms with van der Waals surface area (Å²) < 4.78 is 11.0. The molecule has 2 N–H and O–H groups in total. The average Bonchev–Trinajstić information content (AvgIpc) is 2.96. The minimum atomic E-state index is -1.63. The van der Waals surface area contributed by atoms with E-state index in [2.05, 4.69) is 15.2 Å². The molecule has 2 amide bonds. The molecular formula is C20H21N3O5. The monoisotopic (exact) mass is 383 g/mol. The molecular weight excluding hydrogens is 362 g/mol.